The molecule has 0 spiro atoms. The van der Waals surface area contributed by atoms with Gasteiger partial charge in [0.25, 0.3) is 0 Å². The topological polar surface area (TPSA) is 80.6 Å². The Bertz CT molecular complexity index is 774. The number of nitrogens with zero attached hydrogens (tertiary/aromatic N) is 3. The van der Waals surface area contributed by atoms with Crippen LogP contribution in [0.3, 0.4) is 0 Å². The lowest BCUT2D eigenvalue weighted by atomic mass is 9.61. The third-order valence-electron chi connectivity index (χ3n) is 5.39. The number of fused-ring (bicyclic) bond motifs is 1. The molecule has 0 aromatic heterocycles. The van der Waals surface area contributed by atoms with Gasteiger partial charge in [-0.3, -0.25) is 0 Å². The summed E-state index contributed by atoms with van der Waals surface area (Å²) in [6.45, 7) is 0. The van der Waals surface area contributed by atoms with Crippen LogP contribution in [-0.4, -0.2) is 38.2 Å². The predicted octanol–water partition coefficient (Wildman–Crippen LogP) is 2.29. The number of hydrogen-bond acceptors (Lipinski definition) is 7. The Kier molecular flexibility index (Phi) is 3.78. The average Bonchev–Trinajstić information content (AvgIpc) is 3.14. The second-order valence-corrected chi connectivity index (χ2v) is 6.47. The van der Waals surface area contributed by atoms with Gasteiger partial charge in [-0.05, 0) is 25.0 Å². The Labute approximate surface area is 145 Å². The zero-order chi connectivity index (χ0) is 17.6. The van der Waals surface area contributed by atoms with E-state index < -0.39 is 11.9 Å². The fourth-order valence-electron chi connectivity index (χ4n) is 4.39. The van der Waals surface area contributed by atoms with Gasteiger partial charge in [0, 0.05) is 11.8 Å². The van der Waals surface area contributed by atoms with Crippen LogP contribution in [0.1, 0.15) is 12.8 Å². The highest BCUT2D eigenvalue weighted by molar-refractivity contribution is 6.02. The standard InChI is InChI=1S/C18H19N3O4/c1-24-17(22)13-11-8-9-12(14(13)18(23)25-2)16-15(11)19-20-21(16)10-6-4-3-5-7-10/h3-7,11-12,15-16H,8-9H2,1-2H3/t11-,12-,15+,16+/m0/s1. The maximum absolute atomic E-state index is 12.5. The van der Waals surface area contributed by atoms with Crippen molar-refractivity contribution >= 4 is 17.6 Å². The van der Waals surface area contributed by atoms with E-state index in [1.807, 2.05) is 35.3 Å². The van der Waals surface area contributed by atoms with Gasteiger partial charge in [-0.2, -0.15) is 5.11 Å². The first-order valence-corrected chi connectivity index (χ1v) is 8.33. The quantitative estimate of drug-likeness (QED) is 0.788. The summed E-state index contributed by atoms with van der Waals surface area (Å²) in [5.41, 5.74) is 1.77. The summed E-state index contributed by atoms with van der Waals surface area (Å²) < 4.78 is 9.91. The second-order valence-electron chi connectivity index (χ2n) is 6.47. The Morgan fingerprint density at radius 3 is 2.24 bits per heavy atom. The molecule has 4 aliphatic rings. The number of para-hydroxylation sites is 1. The Balaban J connectivity index is 1.80. The van der Waals surface area contributed by atoms with E-state index in [0.717, 1.165) is 18.5 Å². The van der Waals surface area contributed by atoms with Crippen LogP contribution in [0, 0.1) is 11.8 Å². The highest BCUT2D eigenvalue weighted by Crippen LogP contribution is 2.52. The number of rotatable bonds is 3. The van der Waals surface area contributed by atoms with Crippen molar-refractivity contribution in [3.8, 4) is 0 Å². The molecule has 3 aliphatic carbocycles. The van der Waals surface area contributed by atoms with E-state index in [1.54, 1.807) is 0 Å². The van der Waals surface area contributed by atoms with E-state index in [-0.39, 0.29) is 23.9 Å². The first-order chi connectivity index (χ1) is 12.2. The fourth-order valence-corrected chi connectivity index (χ4v) is 4.39. The van der Waals surface area contributed by atoms with Crippen molar-refractivity contribution in [2.24, 2.45) is 22.2 Å². The summed E-state index contributed by atoms with van der Waals surface area (Å²) in [5, 5.41) is 10.7. The molecule has 1 heterocycles. The Morgan fingerprint density at radius 1 is 1.00 bits per heavy atom. The summed E-state index contributed by atoms with van der Waals surface area (Å²) in [7, 11) is 2.67. The summed E-state index contributed by atoms with van der Waals surface area (Å²) >= 11 is 0. The first-order valence-electron chi connectivity index (χ1n) is 8.33. The molecular weight excluding hydrogens is 322 g/mol. The summed E-state index contributed by atoms with van der Waals surface area (Å²) in [6.07, 6.45) is 1.59. The van der Waals surface area contributed by atoms with E-state index in [2.05, 4.69) is 10.3 Å². The molecule has 25 heavy (non-hydrogen) atoms. The van der Waals surface area contributed by atoms with Crippen molar-refractivity contribution in [2.75, 3.05) is 19.2 Å². The van der Waals surface area contributed by atoms with Gasteiger partial charge in [-0.25, -0.2) is 14.6 Å². The number of hydrogen-bond donors (Lipinski definition) is 0. The van der Waals surface area contributed by atoms with E-state index in [1.165, 1.54) is 14.2 Å². The SMILES string of the molecule is COC(=O)C1=C(C(=O)OC)[C@@H]2CC[C@@H]1[C@H]1N=NN(c3ccccc3)[C@@H]12. The maximum atomic E-state index is 12.5. The molecule has 130 valence electrons. The number of carbonyl (C=O) groups excluding carboxylic acids is 2. The number of anilines is 1. The minimum atomic E-state index is -0.470. The zero-order valence-corrected chi connectivity index (χ0v) is 14.1. The third-order valence-corrected chi connectivity index (χ3v) is 5.39. The molecule has 5 rings (SSSR count). The highest BCUT2D eigenvalue weighted by atomic mass is 16.5. The lowest BCUT2D eigenvalue weighted by Crippen LogP contribution is -2.55. The van der Waals surface area contributed by atoms with Crippen molar-refractivity contribution in [1.82, 2.24) is 0 Å². The number of ether oxygens (including phenoxy) is 2. The van der Waals surface area contributed by atoms with Gasteiger partial charge in [0.2, 0.25) is 0 Å². The monoisotopic (exact) mass is 341 g/mol. The van der Waals surface area contributed by atoms with Crippen molar-refractivity contribution < 1.29 is 19.1 Å². The minimum absolute atomic E-state index is 0.0799. The molecular formula is C18H19N3O4. The summed E-state index contributed by atoms with van der Waals surface area (Å²) in [4.78, 5) is 24.8. The largest absolute Gasteiger partial charge is 0.466 e. The van der Waals surface area contributed by atoms with E-state index in [9.17, 15) is 9.59 Å². The van der Waals surface area contributed by atoms with Crippen LogP contribution in [0.2, 0.25) is 0 Å². The van der Waals surface area contributed by atoms with Crippen LogP contribution >= 0.6 is 0 Å². The molecule has 0 amide bonds. The van der Waals surface area contributed by atoms with Crippen LogP contribution in [0.15, 0.2) is 51.8 Å². The van der Waals surface area contributed by atoms with Gasteiger partial charge in [0.1, 0.15) is 6.04 Å². The maximum Gasteiger partial charge on any atom is 0.334 e. The molecule has 0 unspecified atom stereocenters. The van der Waals surface area contributed by atoms with Gasteiger partial charge in [0.15, 0.2) is 0 Å². The molecule has 0 radical (unpaired) electrons. The van der Waals surface area contributed by atoms with Gasteiger partial charge in [0.05, 0.1) is 37.1 Å². The molecule has 1 fully saturated rings. The average molecular weight is 341 g/mol. The van der Waals surface area contributed by atoms with E-state index >= 15 is 0 Å². The first kappa shape index (κ1) is 15.8. The van der Waals surface area contributed by atoms with E-state index in [0.29, 0.717) is 11.1 Å². The van der Waals surface area contributed by atoms with Gasteiger partial charge < -0.3 is 9.47 Å². The minimum Gasteiger partial charge on any atom is -0.466 e. The lowest BCUT2D eigenvalue weighted by Gasteiger charge is -2.46. The van der Waals surface area contributed by atoms with Crippen LogP contribution in [0.4, 0.5) is 5.69 Å². The summed E-state index contributed by atoms with van der Waals surface area (Å²) in [6, 6.07) is 9.52. The molecule has 4 atom stereocenters. The third kappa shape index (κ3) is 2.26. The number of benzene rings is 1. The molecule has 0 saturated heterocycles. The number of methoxy groups -OCH3 is 2. The van der Waals surface area contributed by atoms with Crippen molar-refractivity contribution in [3.63, 3.8) is 0 Å². The Hall–Kier alpha value is -2.70. The molecule has 2 bridgehead atoms. The van der Waals surface area contributed by atoms with Crippen LogP contribution < -0.4 is 5.01 Å². The molecule has 7 nitrogen and oxygen atoms in total. The molecule has 1 aliphatic heterocycles. The van der Waals surface area contributed by atoms with Crippen molar-refractivity contribution in [2.45, 2.75) is 24.9 Å². The van der Waals surface area contributed by atoms with Gasteiger partial charge in [-0.1, -0.05) is 23.4 Å². The van der Waals surface area contributed by atoms with E-state index in [4.69, 9.17) is 9.47 Å². The number of carbonyl (C=O) groups is 2. The molecule has 1 saturated carbocycles. The van der Waals surface area contributed by atoms with Crippen molar-refractivity contribution in [1.29, 1.82) is 0 Å². The van der Waals surface area contributed by atoms with Crippen LogP contribution in [0.5, 0.6) is 0 Å². The number of esters is 2. The molecule has 7 heteroatoms. The summed E-state index contributed by atoms with van der Waals surface area (Å²) in [5.74, 6) is -1.27. The van der Waals surface area contributed by atoms with Crippen LogP contribution in [-0.2, 0) is 19.1 Å². The molecule has 1 aromatic carbocycles. The molecule has 1 aromatic rings. The predicted molar refractivity (Wildman–Crippen MR) is 88.6 cm³/mol. The zero-order valence-electron chi connectivity index (χ0n) is 14.1. The Morgan fingerprint density at radius 2 is 1.60 bits per heavy atom. The normalized spacial score (nSPS) is 29.6. The fraction of sp³-hybridized carbons (Fsp3) is 0.444. The smallest absolute Gasteiger partial charge is 0.334 e. The van der Waals surface area contributed by atoms with Gasteiger partial charge >= 0.3 is 11.9 Å². The lowest BCUT2D eigenvalue weighted by molar-refractivity contribution is -0.141. The highest BCUT2D eigenvalue weighted by Gasteiger charge is 2.57. The van der Waals surface area contributed by atoms with Gasteiger partial charge in [-0.15, -0.1) is 0 Å². The van der Waals surface area contributed by atoms with Crippen LogP contribution in [0.25, 0.3) is 0 Å². The van der Waals surface area contributed by atoms with Crippen molar-refractivity contribution in [3.05, 3.63) is 41.5 Å². The molecule has 0 N–H and O–H groups in total. The second kappa shape index (κ2) is 5.98.